The van der Waals surface area contributed by atoms with E-state index in [2.05, 4.69) is 15.2 Å². The number of carbonyl (C=O) groups excluding carboxylic acids is 1. The van der Waals surface area contributed by atoms with Gasteiger partial charge in [-0.1, -0.05) is 6.07 Å². The first-order chi connectivity index (χ1) is 10.2. The quantitative estimate of drug-likeness (QED) is 0.885. The molecule has 0 saturated carbocycles. The summed E-state index contributed by atoms with van der Waals surface area (Å²) < 4.78 is 5.27. The molecule has 2 aromatic rings. The van der Waals surface area contributed by atoms with E-state index in [4.69, 9.17) is 4.74 Å². The zero-order valence-corrected chi connectivity index (χ0v) is 12.2. The first-order valence-electron chi connectivity index (χ1n) is 6.77. The van der Waals surface area contributed by atoms with Gasteiger partial charge in [0, 0.05) is 49.8 Å². The Bertz CT molecular complexity index is 587. The molecular formula is C16H19N3O2. The lowest BCUT2D eigenvalue weighted by Crippen LogP contribution is -2.31. The van der Waals surface area contributed by atoms with E-state index in [0.717, 1.165) is 17.1 Å². The van der Waals surface area contributed by atoms with E-state index in [1.165, 1.54) is 6.92 Å². The van der Waals surface area contributed by atoms with Crippen LogP contribution < -0.4 is 15.0 Å². The molecule has 0 fully saturated rings. The lowest BCUT2D eigenvalue weighted by atomic mass is 10.2. The largest absolute Gasteiger partial charge is 0.497 e. The minimum Gasteiger partial charge on any atom is -0.497 e. The van der Waals surface area contributed by atoms with E-state index in [0.29, 0.717) is 13.1 Å². The van der Waals surface area contributed by atoms with Crippen LogP contribution in [-0.2, 0) is 4.79 Å². The number of hydrogen-bond acceptors (Lipinski definition) is 4. The molecule has 110 valence electrons. The number of anilines is 2. The van der Waals surface area contributed by atoms with Crippen molar-refractivity contribution in [2.24, 2.45) is 0 Å². The molecule has 1 heterocycles. The van der Waals surface area contributed by atoms with E-state index in [9.17, 15) is 4.79 Å². The van der Waals surface area contributed by atoms with Crippen LogP contribution in [-0.4, -0.2) is 31.1 Å². The summed E-state index contributed by atoms with van der Waals surface area (Å²) in [6.45, 7) is 2.74. The number of ether oxygens (including phenoxy) is 1. The Morgan fingerprint density at radius 3 is 2.67 bits per heavy atom. The van der Waals surface area contributed by atoms with Crippen LogP contribution in [0.1, 0.15) is 6.92 Å². The molecule has 0 atom stereocenters. The molecule has 5 heteroatoms. The van der Waals surface area contributed by atoms with E-state index in [-0.39, 0.29) is 5.91 Å². The molecule has 0 bridgehead atoms. The lowest BCUT2D eigenvalue weighted by molar-refractivity contribution is -0.118. The molecule has 1 N–H and O–H groups in total. The fourth-order valence-electron chi connectivity index (χ4n) is 2.05. The van der Waals surface area contributed by atoms with Crippen LogP contribution in [0.15, 0.2) is 48.8 Å². The van der Waals surface area contributed by atoms with Gasteiger partial charge in [0.25, 0.3) is 0 Å². The number of benzene rings is 1. The van der Waals surface area contributed by atoms with Crippen molar-refractivity contribution in [1.29, 1.82) is 0 Å². The normalized spacial score (nSPS) is 10.0. The summed E-state index contributed by atoms with van der Waals surface area (Å²) >= 11 is 0. The molecule has 5 nitrogen and oxygen atoms in total. The summed E-state index contributed by atoms with van der Waals surface area (Å²) in [6.07, 6.45) is 3.50. The second-order valence-corrected chi connectivity index (χ2v) is 4.54. The first-order valence-corrected chi connectivity index (χ1v) is 6.77. The molecule has 1 amide bonds. The summed E-state index contributed by atoms with van der Waals surface area (Å²) in [4.78, 5) is 17.2. The van der Waals surface area contributed by atoms with Crippen molar-refractivity contribution in [3.8, 4) is 5.75 Å². The van der Waals surface area contributed by atoms with Crippen LogP contribution in [0.5, 0.6) is 5.75 Å². The number of aromatic nitrogens is 1. The van der Waals surface area contributed by atoms with Crippen molar-refractivity contribution in [2.45, 2.75) is 6.92 Å². The van der Waals surface area contributed by atoms with Gasteiger partial charge in [0.1, 0.15) is 5.75 Å². The summed E-state index contributed by atoms with van der Waals surface area (Å²) in [5.74, 6) is 0.765. The van der Waals surface area contributed by atoms with Crippen molar-refractivity contribution in [3.63, 3.8) is 0 Å². The molecule has 0 unspecified atom stereocenters. The number of pyridine rings is 1. The predicted octanol–water partition coefficient (Wildman–Crippen LogP) is 2.36. The highest BCUT2D eigenvalue weighted by molar-refractivity contribution is 5.73. The number of carbonyl (C=O) groups is 1. The van der Waals surface area contributed by atoms with Gasteiger partial charge in [-0.15, -0.1) is 0 Å². The molecule has 0 saturated heterocycles. The summed E-state index contributed by atoms with van der Waals surface area (Å²) in [5.41, 5.74) is 2.02. The molecule has 0 aliphatic heterocycles. The Labute approximate surface area is 124 Å². The second-order valence-electron chi connectivity index (χ2n) is 4.54. The Morgan fingerprint density at radius 1 is 1.24 bits per heavy atom. The molecule has 0 aliphatic rings. The maximum Gasteiger partial charge on any atom is 0.216 e. The van der Waals surface area contributed by atoms with Gasteiger partial charge < -0.3 is 15.0 Å². The van der Waals surface area contributed by atoms with Crippen LogP contribution in [0.4, 0.5) is 11.4 Å². The SMILES string of the molecule is COc1cccc(N(CCNC(C)=O)c2ccncc2)c1. The highest BCUT2D eigenvalue weighted by Gasteiger charge is 2.10. The van der Waals surface area contributed by atoms with Crippen LogP contribution in [0.3, 0.4) is 0 Å². The van der Waals surface area contributed by atoms with Crippen molar-refractivity contribution < 1.29 is 9.53 Å². The Balaban J connectivity index is 2.24. The van der Waals surface area contributed by atoms with Gasteiger partial charge in [-0.2, -0.15) is 0 Å². The molecule has 2 rings (SSSR count). The highest BCUT2D eigenvalue weighted by Crippen LogP contribution is 2.27. The fraction of sp³-hybridized carbons (Fsp3) is 0.250. The van der Waals surface area contributed by atoms with Crippen LogP contribution in [0.2, 0.25) is 0 Å². The van der Waals surface area contributed by atoms with Crippen molar-refractivity contribution in [2.75, 3.05) is 25.1 Å². The lowest BCUT2D eigenvalue weighted by Gasteiger charge is -2.25. The number of hydrogen-bond donors (Lipinski definition) is 1. The Hall–Kier alpha value is -2.56. The molecule has 21 heavy (non-hydrogen) atoms. The Kier molecular flexibility index (Phi) is 5.15. The van der Waals surface area contributed by atoms with Crippen LogP contribution in [0, 0.1) is 0 Å². The average molecular weight is 285 g/mol. The zero-order chi connectivity index (χ0) is 15.1. The van der Waals surface area contributed by atoms with E-state index in [1.54, 1.807) is 19.5 Å². The van der Waals surface area contributed by atoms with Crippen molar-refractivity contribution in [3.05, 3.63) is 48.8 Å². The third-order valence-corrected chi connectivity index (χ3v) is 3.05. The summed E-state index contributed by atoms with van der Waals surface area (Å²) in [5, 5.41) is 2.82. The first kappa shape index (κ1) is 14.8. The van der Waals surface area contributed by atoms with Gasteiger partial charge in [-0.05, 0) is 24.3 Å². The third kappa shape index (κ3) is 4.21. The molecular weight excluding hydrogens is 266 g/mol. The minimum absolute atomic E-state index is 0.0321. The topological polar surface area (TPSA) is 54.5 Å². The number of nitrogens with zero attached hydrogens (tertiary/aromatic N) is 2. The second kappa shape index (κ2) is 7.28. The van der Waals surface area contributed by atoms with Crippen molar-refractivity contribution >= 4 is 17.3 Å². The van der Waals surface area contributed by atoms with Gasteiger partial charge >= 0.3 is 0 Å². The third-order valence-electron chi connectivity index (χ3n) is 3.05. The van der Waals surface area contributed by atoms with E-state index >= 15 is 0 Å². The van der Waals surface area contributed by atoms with Gasteiger partial charge in [-0.3, -0.25) is 9.78 Å². The maximum absolute atomic E-state index is 11.0. The molecule has 1 aromatic carbocycles. The molecule has 1 aromatic heterocycles. The van der Waals surface area contributed by atoms with Gasteiger partial charge in [-0.25, -0.2) is 0 Å². The van der Waals surface area contributed by atoms with E-state index < -0.39 is 0 Å². The smallest absolute Gasteiger partial charge is 0.216 e. The number of nitrogens with one attached hydrogen (secondary N) is 1. The number of rotatable bonds is 6. The number of methoxy groups -OCH3 is 1. The molecule has 0 radical (unpaired) electrons. The Morgan fingerprint density at radius 2 is 2.00 bits per heavy atom. The van der Waals surface area contributed by atoms with Gasteiger partial charge in [0.2, 0.25) is 5.91 Å². The summed E-state index contributed by atoms with van der Waals surface area (Å²) in [6, 6.07) is 11.7. The average Bonchev–Trinajstić information content (AvgIpc) is 2.52. The molecule has 0 aliphatic carbocycles. The predicted molar refractivity (Wildman–Crippen MR) is 82.9 cm³/mol. The van der Waals surface area contributed by atoms with Gasteiger partial charge in [0.05, 0.1) is 7.11 Å². The fourth-order valence-corrected chi connectivity index (χ4v) is 2.05. The van der Waals surface area contributed by atoms with E-state index in [1.807, 2.05) is 36.4 Å². The zero-order valence-electron chi connectivity index (χ0n) is 12.2. The standard InChI is InChI=1S/C16H19N3O2/c1-13(20)18-10-11-19(14-6-8-17-9-7-14)15-4-3-5-16(12-15)21-2/h3-9,12H,10-11H2,1-2H3,(H,18,20). The van der Waals surface area contributed by atoms with Gasteiger partial charge in [0.15, 0.2) is 0 Å². The van der Waals surface area contributed by atoms with Crippen LogP contribution >= 0.6 is 0 Å². The number of amides is 1. The monoisotopic (exact) mass is 285 g/mol. The molecule has 0 spiro atoms. The highest BCUT2D eigenvalue weighted by atomic mass is 16.5. The maximum atomic E-state index is 11.0. The van der Waals surface area contributed by atoms with Crippen molar-refractivity contribution in [1.82, 2.24) is 10.3 Å². The minimum atomic E-state index is -0.0321. The van der Waals surface area contributed by atoms with Crippen LogP contribution in [0.25, 0.3) is 0 Å². The summed E-state index contributed by atoms with van der Waals surface area (Å²) in [7, 11) is 1.65.